The van der Waals surface area contributed by atoms with Crippen LogP contribution in [0.15, 0.2) is 16.9 Å². The van der Waals surface area contributed by atoms with Crippen LogP contribution in [0.2, 0.25) is 0 Å². The van der Waals surface area contributed by atoms with Gasteiger partial charge in [-0.3, -0.25) is 0 Å². The fourth-order valence-electron chi connectivity index (χ4n) is 2.30. The lowest BCUT2D eigenvalue weighted by atomic mass is 10.1. The summed E-state index contributed by atoms with van der Waals surface area (Å²) >= 11 is 3.36. The van der Waals surface area contributed by atoms with Gasteiger partial charge in [-0.2, -0.15) is 0 Å². The Hall–Kier alpha value is -0.680. The van der Waals surface area contributed by atoms with Crippen LogP contribution < -0.4 is 10.2 Å². The van der Waals surface area contributed by atoms with Crippen molar-refractivity contribution in [3.8, 4) is 0 Å². The van der Waals surface area contributed by atoms with E-state index in [0.717, 1.165) is 29.6 Å². The molecule has 2 aliphatic rings. The fraction of sp³-hybridized carbons (Fsp3) is 0.667. The van der Waals surface area contributed by atoms with E-state index in [1.165, 1.54) is 25.7 Å². The second kappa shape index (κ2) is 4.90. The number of piperidine rings is 1. The van der Waals surface area contributed by atoms with Gasteiger partial charge in [-0.1, -0.05) is 0 Å². The quantitative estimate of drug-likeness (QED) is 0.926. The predicted molar refractivity (Wildman–Crippen MR) is 71.1 cm³/mol. The largest absolute Gasteiger partial charge is 0.341 e. The smallest absolute Gasteiger partial charge is 0.225 e. The second-order valence-electron chi connectivity index (χ2n) is 4.90. The monoisotopic (exact) mass is 296 g/mol. The van der Waals surface area contributed by atoms with Crippen LogP contribution in [0.3, 0.4) is 0 Å². The van der Waals surface area contributed by atoms with E-state index >= 15 is 0 Å². The number of hydrogen-bond donors (Lipinski definition) is 1. The van der Waals surface area contributed by atoms with Gasteiger partial charge in [0.15, 0.2) is 0 Å². The normalized spacial score (nSPS) is 21.8. The molecule has 1 N–H and O–H groups in total. The highest BCUT2D eigenvalue weighted by Crippen LogP contribution is 2.23. The van der Waals surface area contributed by atoms with Gasteiger partial charge in [-0.05, 0) is 41.6 Å². The Balaban J connectivity index is 1.54. The molecule has 1 aromatic rings. The molecule has 2 fully saturated rings. The van der Waals surface area contributed by atoms with Crippen molar-refractivity contribution in [2.45, 2.75) is 37.8 Å². The molecule has 1 saturated carbocycles. The Morgan fingerprint density at radius 1 is 1.06 bits per heavy atom. The van der Waals surface area contributed by atoms with Crippen molar-refractivity contribution in [2.75, 3.05) is 18.0 Å². The molecule has 0 aromatic carbocycles. The zero-order valence-corrected chi connectivity index (χ0v) is 11.4. The van der Waals surface area contributed by atoms with Crippen LogP contribution in [0, 0.1) is 0 Å². The Labute approximate surface area is 110 Å². The highest BCUT2D eigenvalue weighted by molar-refractivity contribution is 9.10. The summed E-state index contributed by atoms with van der Waals surface area (Å²) in [6.45, 7) is 2.12. The Morgan fingerprint density at radius 2 is 1.65 bits per heavy atom. The maximum atomic E-state index is 4.35. The number of nitrogens with zero attached hydrogens (tertiary/aromatic N) is 3. The van der Waals surface area contributed by atoms with E-state index in [4.69, 9.17) is 0 Å². The standard InChI is InChI=1S/C12H17BrN4/c13-9-7-14-12(15-8-9)17-5-3-11(4-6-17)16-10-1-2-10/h7-8,10-11,16H,1-6H2. The van der Waals surface area contributed by atoms with E-state index < -0.39 is 0 Å². The number of halogens is 1. The topological polar surface area (TPSA) is 41.1 Å². The average Bonchev–Trinajstić information content (AvgIpc) is 3.15. The number of aromatic nitrogens is 2. The molecule has 3 rings (SSSR count). The molecule has 1 saturated heterocycles. The predicted octanol–water partition coefficient (Wildman–Crippen LogP) is 1.96. The molecule has 1 aliphatic heterocycles. The molecule has 0 radical (unpaired) electrons. The Morgan fingerprint density at radius 3 is 2.24 bits per heavy atom. The van der Waals surface area contributed by atoms with E-state index in [0.29, 0.717) is 6.04 Å². The van der Waals surface area contributed by atoms with Gasteiger partial charge in [0.1, 0.15) is 0 Å². The summed E-state index contributed by atoms with van der Waals surface area (Å²) in [4.78, 5) is 11.0. The van der Waals surface area contributed by atoms with Crippen molar-refractivity contribution in [3.63, 3.8) is 0 Å². The Bertz CT molecular complexity index is 369. The summed E-state index contributed by atoms with van der Waals surface area (Å²) in [5, 5.41) is 3.70. The average molecular weight is 297 g/mol. The van der Waals surface area contributed by atoms with Gasteiger partial charge in [-0.25, -0.2) is 9.97 Å². The third-order valence-electron chi connectivity index (χ3n) is 3.43. The van der Waals surface area contributed by atoms with Gasteiger partial charge in [0.2, 0.25) is 5.95 Å². The molecule has 92 valence electrons. The molecule has 1 aliphatic carbocycles. The molecule has 0 unspecified atom stereocenters. The molecular formula is C12H17BrN4. The van der Waals surface area contributed by atoms with E-state index in [1.807, 2.05) is 12.4 Å². The van der Waals surface area contributed by atoms with Crippen LogP contribution in [0.5, 0.6) is 0 Å². The van der Waals surface area contributed by atoms with E-state index in [2.05, 4.69) is 36.1 Å². The third-order valence-corrected chi connectivity index (χ3v) is 3.84. The summed E-state index contributed by atoms with van der Waals surface area (Å²) < 4.78 is 0.937. The molecule has 1 aromatic heterocycles. The highest BCUT2D eigenvalue weighted by atomic mass is 79.9. The highest BCUT2D eigenvalue weighted by Gasteiger charge is 2.27. The van der Waals surface area contributed by atoms with Gasteiger partial charge in [0.05, 0.1) is 4.47 Å². The molecule has 0 spiro atoms. The number of hydrogen-bond acceptors (Lipinski definition) is 4. The maximum Gasteiger partial charge on any atom is 0.225 e. The summed E-state index contributed by atoms with van der Waals surface area (Å²) in [5.74, 6) is 0.859. The van der Waals surface area contributed by atoms with Crippen LogP contribution in [-0.2, 0) is 0 Å². The van der Waals surface area contributed by atoms with Crippen molar-refractivity contribution in [1.29, 1.82) is 0 Å². The molecule has 0 atom stereocenters. The SMILES string of the molecule is Brc1cnc(N2CCC(NC3CC3)CC2)nc1. The first-order chi connectivity index (χ1) is 8.31. The van der Waals surface area contributed by atoms with Crippen molar-refractivity contribution < 1.29 is 0 Å². The van der Waals surface area contributed by atoms with Crippen molar-refractivity contribution in [2.24, 2.45) is 0 Å². The third kappa shape index (κ3) is 2.96. The van der Waals surface area contributed by atoms with Gasteiger partial charge in [-0.15, -0.1) is 0 Å². The van der Waals surface area contributed by atoms with E-state index in [1.54, 1.807) is 0 Å². The molecular weight excluding hydrogens is 280 g/mol. The van der Waals surface area contributed by atoms with Gasteiger partial charge < -0.3 is 10.2 Å². The fourth-order valence-corrected chi connectivity index (χ4v) is 2.50. The van der Waals surface area contributed by atoms with Crippen LogP contribution >= 0.6 is 15.9 Å². The molecule has 17 heavy (non-hydrogen) atoms. The lowest BCUT2D eigenvalue weighted by Crippen LogP contribution is -2.43. The first-order valence-electron chi connectivity index (χ1n) is 6.30. The minimum atomic E-state index is 0.703. The maximum absolute atomic E-state index is 4.35. The first kappa shape index (κ1) is 11.4. The molecule has 0 amide bonds. The van der Waals surface area contributed by atoms with E-state index in [9.17, 15) is 0 Å². The summed E-state index contributed by atoms with van der Waals surface area (Å²) in [6, 6.07) is 1.52. The molecule has 4 nitrogen and oxygen atoms in total. The molecule has 5 heteroatoms. The van der Waals surface area contributed by atoms with Gasteiger partial charge >= 0.3 is 0 Å². The van der Waals surface area contributed by atoms with Gasteiger partial charge in [0.25, 0.3) is 0 Å². The summed E-state index contributed by atoms with van der Waals surface area (Å²) in [7, 11) is 0. The van der Waals surface area contributed by atoms with Crippen molar-refractivity contribution >= 4 is 21.9 Å². The zero-order chi connectivity index (χ0) is 11.7. The van der Waals surface area contributed by atoms with E-state index in [-0.39, 0.29) is 0 Å². The summed E-state index contributed by atoms with van der Waals surface area (Å²) in [5.41, 5.74) is 0. The Kier molecular flexibility index (Phi) is 3.29. The van der Waals surface area contributed by atoms with Crippen LogP contribution in [0.4, 0.5) is 5.95 Å². The zero-order valence-electron chi connectivity index (χ0n) is 9.77. The lowest BCUT2D eigenvalue weighted by Gasteiger charge is -2.32. The lowest BCUT2D eigenvalue weighted by molar-refractivity contribution is 0.410. The van der Waals surface area contributed by atoms with Crippen LogP contribution in [-0.4, -0.2) is 35.1 Å². The first-order valence-corrected chi connectivity index (χ1v) is 7.09. The van der Waals surface area contributed by atoms with Crippen LogP contribution in [0.1, 0.15) is 25.7 Å². The molecule has 0 bridgehead atoms. The number of rotatable bonds is 3. The van der Waals surface area contributed by atoms with Crippen molar-refractivity contribution in [3.05, 3.63) is 16.9 Å². The van der Waals surface area contributed by atoms with Crippen molar-refractivity contribution in [1.82, 2.24) is 15.3 Å². The molecule has 2 heterocycles. The minimum absolute atomic E-state index is 0.703. The number of anilines is 1. The van der Waals surface area contributed by atoms with Crippen LogP contribution in [0.25, 0.3) is 0 Å². The van der Waals surface area contributed by atoms with Gasteiger partial charge in [0, 0.05) is 37.6 Å². The summed E-state index contributed by atoms with van der Waals surface area (Å²) in [6.07, 6.45) is 8.78. The second-order valence-corrected chi connectivity index (χ2v) is 5.82. The number of nitrogens with one attached hydrogen (secondary N) is 1. The minimum Gasteiger partial charge on any atom is -0.341 e.